The summed E-state index contributed by atoms with van der Waals surface area (Å²) in [5, 5.41) is 11.8. The molecular formula is C24H24N4O6. The van der Waals surface area contributed by atoms with Crippen molar-refractivity contribution >= 4 is 22.5 Å². The average molecular weight is 464 g/mol. The lowest BCUT2D eigenvalue weighted by Crippen LogP contribution is -2.34. The predicted octanol–water partition coefficient (Wildman–Crippen LogP) is 3.59. The number of amides is 1. The molecule has 0 aliphatic carbocycles. The third-order valence-electron chi connectivity index (χ3n) is 5.49. The predicted molar refractivity (Wildman–Crippen MR) is 126 cm³/mol. The fourth-order valence-corrected chi connectivity index (χ4v) is 3.58. The van der Waals surface area contributed by atoms with Gasteiger partial charge < -0.3 is 24.1 Å². The molecule has 2 aromatic heterocycles. The van der Waals surface area contributed by atoms with Crippen molar-refractivity contribution in [2.75, 3.05) is 26.6 Å². The number of hydrogen-bond acceptors (Lipinski definition) is 8. The van der Waals surface area contributed by atoms with Crippen LogP contribution in [-0.4, -0.2) is 42.2 Å². The van der Waals surface area contributed by atoms with Crippen molar-refractivity contribution in [2.24, 2.45) is 0 Å². The van der Waals surface area contributed by atoms with Crippen molar-refractivity contribution in [2.45, 2.75) is 19.9 Å². The molecule has 2 heterocycles. The summed E-state index contributed by atoms with van der Waals surface area (Å²) in [6.07, 6.45) is 0. The number of ether oxygens (including phenoxy) is 3. The van der Waals surface area contributed by atoms with Gasteiger partial charge >= 0.3 is 0 Å². The van der Waals surface area contributed by atoms with Gasteiger partial charge in [0, 0.05) is 11.6 Å². The molecule has 1 N–H and O–H groups in total. The van der Waals surface area contributed by atoms with Crippen LogP contribution in [0.5, 0.6) is 17.2 Å². The Morgan fingerprint density at radius 3 is 2.35 bits per heavy atom. The van der Waals surface area contributed by atoms with Crippen molar-refractivity contribution in [3.05, 3.63) is 58.6 Å². The largest absolute Gasteiger partial charge is 0.497 e. The normalized spacial score (nSPS) is 11.8. The SMILES string of the molecule is COc1ccc(-c2nn([C@H](C)C(=O)Nc3cc(OC)ccc3OC)c(=O)c3noc(C)c23)cc1. The summed E-state index contributed by atoms with van der Waals surface area (Å²) in [7, 11) is 4.59. The molecule has 0 radical (unpaired) electrons. The van der Waals surface area contributed by atoms with Crippen LogP contribution in [0.15, 0.2) is 51.8 Å². The number of methoxy groups -OCH3 is 3. The van der Waals surface area contributed by atoms with Crippen molar-refractivity contribution in [3.63, 3.8) is 0 Å². The number of nitrogens with zero attached hydrogens (tertiary/aromatic N) is 3. The first-order valence-electron chi connectivity index (χ1n) is 10.4. The van der Waals surface area contributed by atoms with E-state index in [9.17, 15) is 9.59 Å². The molecule has 34 heavy (non-hydrogen) atoms. The van der Waals surface area contributed by atoms with E-state index in [4.69, 9.17) is 18.7 Å². The fourth-order valence-electron chi connectivity index (χ4n) is 3.58. The van der Waals surface area contributed by atoms with E-state index in [1.54, 1.807) is 51.3 Å². The lowest BCUT2D eigenvalue weighted by Gasteiger charge is -2.17. The van der Waals surface area contributed by atoms with Crippen LogP contribution in [-0.2, 0) is 4.79 Å². The summed E-state index contributed by atoms with van der Waals surface area (Å²) in [4.78, 5) is 26.3. The van der Waals surface area contributed by atoms with E-state index in [2.05, 4.69) is 15.6 Å². The fraction of sp³-hybridized carbons (Fsp3) is 0.250. The first kappa shape index (κ1) is 22.8. The molecule has 176 valence electrons. The van der Waals surface area contributed by atoms with Gasteiger partial charge in [-0.2, -0.15) is 5.10 Å². The minimum Gasteiger partial charge on any atom is -0.497 e. The highest BCUT2D eigenvalue weighted by Crippen LogP contribution is 2.31. The van der Waals surface area contributed by atoms with Gasteiger partial charge in [-0.25, -0.2) is 4.68 Å². The Kier molecular flexibility index (Phi) is 6.22. The molecule has 0 bridgehead atoms. The molecule has 0 unspecified atom stereocenters. The molecule has 0 aliphatic rings. The summed E-state index contributed by atoms with van der Waals surface area (Å²) >= 11 is 0. The second-order valence-electron chi connectivity index (χ2n) is 7.52. The first-order valence-corrected chi connectivity index (χ1v) is 10.4. The van der Waals surface area contributed by atoms with Crippen LogP contribution in [0.1, 0.15) is 18.7 Å². The first-order chi connectivity index (χ1) is 16.4. The van der Waals surface area contributed by atoms with Crippen LogP contribution in [0.25, 0.3) is 22.2 Å². The monoisotopic (exact) mass is 464 g/mol. The Hall–Kier alpha value is -4.34. The molecular weight excluding hydrogens is 440 g/mol. The van der Waals surface area contributed by atoms with Crippen molar-refractivity contribution in [1.82, 2.24) is 14.9 Å². The number of aromatic nitrogens is 3. The summed E-state index contributed by atoms with van der Waals surface area (Å²) in [5.41, 5.74) is 1.14. The number of rotatable bonds is 7. The zero-order valence-corrected chi connectivity index (χ0v) is 19.4. The van der Waals surface area contributed by atoms with E-state index in [0.717, 1.165) is 4.68 Å². The van der Waals surface area contributed by atoms with E-state index in [1.165, 1.54) is 14.2 Å². The molecule has 10 heteroatoms. The molecule has 1 amide bonds. The van der Waals surface area contributed by atoms with Gasteiger partial charge in [-0.3, -0.25) is 9.59 Å². The van der Waals surface area contributed by atoms with E-state index >= 15 is 0 Å². The maximum Gasteiger partial charge on any atom is 0.297 e. The minimum absolute atomic E-state index is 0.0944. The molecule has 0 saturated heterocycles. The van der Waals surface area contributed by atoms with Crippen LogP contribution < -0.4 is 25.1 Å². The highest BCUT2D eigenvalue weighted by Gasteiger charge is 2.25. The second kappa shape index (κ2) is 9.26. The molecule has 4 aromatic rings. The van der Waals surface area contributed by atoms with Gasteiger partial charge in [-0.15, -0.1) is 0 Å². The van der Waals surface area contributed by atoms with Crippen LogP contribution >= 0.6 is 0 Å². The Morgan fingerprint density at radius 1 is 1.03 bits per heavy atom. The summed E-state index contributed by atoms with van der Waals surface area (Å²) < 4.78 is 22.2. The Balaban J connectivity index is 1.77. The highest BCUT2D eigenvalue weighted by atomic mass is 16.5. The Labute approximate surface area is 195 Å². The molecule has 2 aromatic carbocycles. The van der Waals surface area contributed by atoms with E-state index in [0.29, 0.717) is 45.3 Å². The van der Waals surface area contributed by atoms with Crippen LogP contribution in [0.2, 0.25) is 0 Å². The number of carbonyl (C=O) groups excluding carboxylic acids is 1. The Morgan fingerprint density at radius 2 is 1.71 bits per heavy atom. The quantitative estimate of drug-likeness (QED) is 0.441. The molecule has 4 rings (SSSR count). The molecule has 1 atom stereocenters. The van der Waals surface area contributed by atoms with E-state index in [1.807, 2.05) is 12.1 Å². The number of aryl methyl sites for hydroxylation is 1. The van der Waals surface area contributed by atoms with Gasteiger partial charge in [0.05, 0.1) is 32.4 Å². The maximum absolute atomic E-state index is 13.2. The lowest BCUT2D eigenvalue weighted by atomic mass is 10.1. The zero-order valence-electron chi connectivity index (χ0n) is 19.4. The molecule has 0 spiro atoms. The van der Waals surface area contributed by atoms with Gasteiger partial charge in [-0.05, 0) is 50.2 Å². The van der Waals surface area contributed by atoms with Crippen molar-refractivity contribution in [1.29, 1.82) is 0 Å². The molecule has 0 saturated carbocycles. The van der Waals surface area contributed by atoms with Crippen LogP contribution in [0.4, 0.5) is 5.69 Å². The third-order valence-corrected chi connectivity index (χ3v) is 5.49. The molecule has 0 aliphatic heterocycles. The van der Waals surface area contributed by atoms with Crippen LogP contribution in [0, 0.1) is 6.92 Å². The lowest BCUT2D eigenvalue weighted by molar-refractivity contribution is -0.119. The van der Waals surface area contributed by atoms with E-state index in [-0.39, 0.29) is 5.52 Å². The zero-order chi connectivity index (χ0) is 24.4. The maximum atomic E-state index is 13.2. The van der Waals surface area contributed by atoms with Gasteiger partial charge in [0.2, 0.25) is 5.91 Å². The summed E-state index contributed by atoms with van der Waals surface area (Å²) in [6, 6.07) is 11.2. The topological polar surface area (TPSA) is 118 Å². The number of hydrogen-bond donors (Lipinski definition) is 1. The Bertz CT molecular complexity index is 1410. The number of anilines is 1. The molecule has 10 nitrogen and oxygen atoms in total. The number of benzene rings is 2. The standard InChI is InChI=1S/C24H24N4O6/c1-13(23(29)25-18-12-17(32-4)10-11-19(18)33-5)28-24(30)22-20(14(2)34-27-22)21(26-28)15-6-8-16(31-3)9-7-15/h6-13H,1-5H3,(H,25,29)/t13-/m1/s1. The highest BCUT2D eigenvalue weighted by molar-refractivity contribution is 5.96. The molecule has 0 fully saturated rings. The number of carbonyl (C=O) groups is 1. The van der Waals surface area contributed by atoms with Gasteiger partial charge in [-0.1, -0.05) is 5.16 Å². The average Bonchev–Trinajstić information content (AvgIpc) is 3.26. The summed E-state index contributed by atoms with van der Waals surface area (Å²) in [6.45, 7) is 3.28. The van der Waals surface area contributed by atoms with Crippen molar-refractivity contribution in [3.8, 4) is 28.5 Å². The number of nitrogens with one attached hydrogen (secondary N) is 1. The van der Waals surface area contributed by atoms with Crippen LogP contribution in [0.3, 0.4) is 0 Å². The smallest absolute Gasteiger partial charge is 0.297 e. The van der Waals surface area contributed by atoms with Gasteiger partial charge in [0.25, 0.3) is 5.56 Å². The van der Waals surface area contributed by atoms with Gasteiger partial charge in [0.1, 0.15) is 34.7 Å². The number of fused-ring (bicyclic) bond motifs is 1. The van der Waals surface area contributed by atoms with Crippen molar-refractivity contribution < 1.29 is 23.5 Å². The second-order valence-corrected chi connectivity index (χ2v) is 7.52. The minimum atomic E-state index is -0.971. The summed E-state index contributed by atoms with van der Waals surface area (Å²) in [5.74, 6) is 1.65. The third kappa shape index (κ3) is 4.05. The van der Waals surface area contributed by atoms with E-state index < -0.39 is 17.5 Å². The van der Waals surface area contributed by atoms with Gasteiger partial charge in [0.15, 0.2) is 5.52 Å².